The standard InChI is InChI=1S/C46H91NO8/c1-3-5-7-9-11-13-15-17-19-20-22-24-26-28-30-32-34-36-42(50)47-39(38-54-46-45(53)44(52)43(51)41(37-48)55-46)40(49)35-33-31-29-27-25-23-21-18-16-14-12-10-8-6-4-2/h39-41,43-46,48-49,51-53H,3-38H2,1-2H3,(H,47,50)/t39-,40+,41+,43+,44?,45?,46+/m0/s1. The van der Waals surface area contributed by atoms with Crippen LogP contribution in [-0.4, -0.2) is 87.5 Å². The summed E-state index contributed by atoms with van der Waals surface area (Å²) in [6.07, 6.45) is 33.9. The minimum absolute atomic E-state index is 0.132. The third-order valence-electron chi connectivity index (χ3n) is 11.7. The largest absolute Gasteiger partial charge is 0.394 e. The predicted molar refractivity (Wildman–Crippen MR) is 226 cm³/mol. The molecule has 0 aromatic heterocycles. The zero-order valence-electron chi connectivity index (χ0n) is 36.0. The summed E-state index contributed by atoms with van der Waals surface area (Å²) in [5.41, 5.74) is 0. The fourth-order valence-electron chi connectivity index (χ4n) is 7.87. The highest BCUT2D eigenvalue weighted by atomic mass is 16.7. The molecule has 1 heterocycles. The van der Waals surface area contributed by atoms with Crippen molar-refractivity contribution in [3.05, 3.63) is 0 Å². The molecule has 1 aliphatic heterocycles. The van der Waals surface area contributed by atoms with Gasteiger partial charge in [0, 0.05) is 6.42 Å². The van der Waals surface area contributed by atoms with Gasteiger partial charge in [0.15, 0.2) is 6.29 Å². The summed E-state index contributed by atoms with van der Waals surface area (Å²) in [5, 5.41) is 54.4. The van der Waals surface area contributed by atoms with E-state index in [9.17, 15) is 30.3 Å². The second-order valence-electron chi connectivity index (χ2n) is 16.9. The number of rotatable bonds is 40. The van der Waals surface area contributed by atoms with Crippen LogP contribution in [-0.2, 0) is 14.3 Å². The molecule has 0 saturated carbocycles. The van der Waals surface area contributed by atoms with Crippen LogP contribution in [0.3, 0.4) is 0 Å². The second-order valence-corrected chi connectivity index (χ2v) is 16.9. The summed E-state index contributed by atoms with van der Waals surface area (Å²) < 4.78 is 11.3. The molecular formula is C46H91NO8. The van der Waals surface area contributed by atoms with Crippen molar-refractivity contribution >= 4 is 5.91 Å². The normalized spacial score (nSPS) is 21.2. The molecule has 0 aromatic rings. The van der Waals surface area contributed by atoms with E-state index < -0.39 is 49.5 Å². The Balaban J connectivity index is 2.30. The molecule has 328 valence electrons. The fourth-order valence-corrected chi connectivity index (χ4v) is 7.87. The van der Waals surface area contributed by atoms with Crippen molar-refractivity contribution < 1.29 is 39.8 Å². The molecule has 1 fully saturated rings. The van der Waals surface area contributed by atoms with E-state index in [-0.39, 0.29) is 12.5 Å². The van der Waals surface area contributed by atoms with Crippen LogP contribution in [0.5, 0.6) is 0 Å². The number of aliphatic hydroxyl groups excluding tert-OH is 5. The zero-order chi connectivity index (χ0) is 40.2. The molecule has 1 amide bonds. The van der Waals surface area contributed by atoms with Gasteiger partial charge < -0.3 is 40.3 Å². The number of amides is 1. The van der Waals surface area contributed by atoms with Crippen LogP contribution < -0.4 is 5.32 Å². The van der Waals surface area contributed by atoms with Crippen molar-refractivity contribution in [3.8, 4) is 0 Å². The summed E-state index contributed by atoms with van der Waals surface area (Å²) in [4.78, 5) is 13.0. The first kappa shape index (κ1) is 52.2. The smallest absolute Gasteiger partial charge is 0.220 e. The summed E-state index contributed by atoms with van der Waals surface area (Å²) in [6, 6.07) is -0.711. The van der Waals surface area contributed by atoms with Crippen LogP contribution in [0.15, 0.2) is 0 Å². The van der Waals surface area contributed by atoms with Gasteiger partial charge in [0.2, 0.25) is 5.91 Å². The molecule has 9 nitrogen and oxygen atoms in total. The van der Waals surface area contributed by atoms with Gasteiger partial charge in [0.1, 0.15) is 24.4 Å². The Hall–Kier alpha value is -0.810. The van der Waals surface area contributed by atoms with Crippen LogP contribution >= 0.6 is 0 Å². The lowest BCUT2D eigenvalue weighted by atomic mass is 9.99. The van der Waals surface area contributed by atoms with E-state index in [1.807, 2.05) is 0 Å². The Morgan fingerprint density at radius 1 is 0.545 bits per heavy atom. The van der Waals surface area contributed by atoms with Crippen LogP contribution in [0.25, 0.3) is 0 Å². The van der Waals surface area contributed by atoms with Crippen molar-refractivity contribution in [2.24, 2.45) is 0 Å². The molecule has 1 aliphatic rings. The first-order valence-corrected chi connectivity index (χ1v) is 23.7. The third kappa shape index (κ3) is 28.3. The number of ether oxygens (including phenoxy) is 2. The number of unbranched alkanes of at least 4 members (excludes halogenated alkanes) is 30. The van der Waals surface area contributed by atoms with E-state index in [4.69, 9.17) is 9.47 Å². The Morgan fingerprint density at radius 2 is 0.909 bits per heavy atom. The number of carbonyl (C=O) groups is 1. The van der Waals surface area contributed by atoms with Gasteiger partial charge in [-0.2, -0.15) is 0 Å². The summed E-state index contributed by atoms with van der Waals surface area (Å²) in [6.45, 7) is 3.85. The minimum atomic E-state index is -1.55. The zero-order valence-corrected chi connectivity index (χ0v) is 36.0. The molecule has 9 heteroatoms. The molecular weight excluding hydrogens is 695 g/mol. The molecule has 0 aromatic carbocycles. The first-order chi connectivity index (χ1) is 26.8. The van der Waals surface area contributed by atoms with E-state index in [1.165, 1.54) is 167 Å². The lowest BCUT2D eigenvalue weighted by Crippen LogP contribution is -2.60. The van der Waals surface area contributed by atoms with Crippen molar-refractivity contribution in [1.29, 1.82) is 0 Å². The van der Waals surface area contributed by atoms with Gasteiger partial charge >= 0.3 is 0 Å². The van der Waals surface area contributed by atoms with Gasteiger partial charge in [-0.05, 0) is 12.8 Å². The average Bonchev–Trinajstić information content (AvgIpc) is 3.18. The maximum absolute atomic E-state index is 13.0. The van der Waals surface area contributed by atoms with Gasteiger partial charge in [0.05, 0.1) is 25.4 Å². The first-order valence-electron chi connectivity index (χ1n) is 23.7. The van der Waals surface area contributed by atoms with Crippen molar-refractivity contribution in [2.75, 3.05) is 13.2 Å². The molecule has 7 atom stereocenters. The fraction of sp³-hybridized carbons (Fsp3) is 0.978. The number of hydrogen-bond donors (Lipinski definition) is 6. The molecule has 1 rings (SSSR count). The lowest BCUT2D eigenvalue weighted by molar-refractivity contribution is -0.302. The lowest BCUT2D eigenvalue weighted by Gasteiger charge is -2.40. The average molecular weight is 786 g/mol. The molecule has 1 saturated heterocycles. The molecule has 0 radical (unpaired) electrons. The molecule has 55 heavy (non-hydrogen) atoms. The van der Waals surface area contributed by atoms with Crippen molar-refractivity contribution in [1.82, 2.24) is 5.32 Å². The summed E-state index contributed by atoms with van der Waals surface area (Å²) in [5.74, 6) is -0.140. The second kappa shape index (κ2) is 37.5. The van der Waals surface area contributed by atoms with Crippen molar-refractivity contribution in [3.63, 3.8) is 0 Å². The Bertz CT molecular complexity index is 832. The van der Waals surface area contributed by atoms with E-state index in [0.717, 1.165) is 38.5 Å². The maximum Gasteiger partial charge on any atom is 0.220 e. The van der Waals surface area contributed by atoms with Crippen molar-refractivity contribution in [2.45, 2.75) is 275 Å². The van der Waals surface area contributed by atoms with Crippen LogP contribution in [0.1, 0.15) is 232 Å². The summed E-state index contributed by atoms with van der Waals surface area (Å²) in [7, 11) is 0. The highest BCUT2D eigenvalue weighted by molar-refractivity contribution is 5.76. The number of carbonyl (C=O) groups excluding carboxylic acids is 1. The Kier molecular flexibility index (Phi) is 35.6. The third-order valence-corrected chi connectivity index (χ3v) is 11.7. The van der Waals surface area contributed by atoms with E-state index in [2.05, 4.69) is 19.2 Å². The van der Waals surface area contributed by atoms with Gasteiger partial charge in [-0.3, -0.25) is 4.79 Å². The predicted octanol–water partition coefficient (Wildman–Crippen LogP) is 9.95. The van der Waals surface area contributed by atoms with Crippen LogP contribution in [0, 0.1) is 0 Å². The van der Waals surface area contributed by atoms with Gasteiger partial charge in [-0.15, -0.1) is 0 Å². The monoisotopic (exact) mass is 786 g/mol. The molecule has 2 unspecified atom stereocenters. The molecule has 0 aliphatic carbocycles. The molecule has 0 bridgehead atoms. The highest BCUT2D eigenvalue weighted by Crippen LogP contribution is 2.23. The maximum atomic E-state index is 13.0. The quantitative estimate of drug-likeness (QED) is 0.0337. The number of nitrogens with one attached hydrogen (secondary N) is 1. The molecule has 6 N–H and O–H groups in total. The summed E-state index contributed by atoms with van der Waals surface area (Å²) >= 11 is 0. The Morgan fingerprint density at radius 3 is 1.29 bits per heavy atom. The van der Waals surface area contributed by atoms with E-state index in [1.54, 1.807) is 0 Å². The van der Waals surface area contributed by atoms with E-state index >= 15 is 0 Å². The molecule has 0 spiro atoms. The number of aliphatic hydroxyl groups is 5. The van der Waals surface area contributed by atoms with Crippen LogP contribution in [0.2, 0.25) is 0 Å². The Labute approximate surface area is 338 Å². The van der Waals surface area contributed by atoms with Gasteiger partial charge in [-0.25, -0.2) is 0 Å². The highest BCUT2D eigenvalue weighted by Gasteiger charge is 2.44. The van der Waals surface area contributed by atoms with Gasteiger partial charge in [-0.1, -0.05) is 213 Å². The van der Waals surface area contributed by atoms with Gasteiger partial charge in [0.25, 0.3) is 0 Å². The topological polar surface area (TPSA) is 149 Å². The van der Waals surface area contributed by atoms with Crippen LogP contribution in [0.4, 0.5) is 0 Å². The minimum Gasteiger partial charge on any atom is -0.394 e. The number of hydrogen-bond acceptors (Lipinski definition) is 8. The van der Waals surface area contributed by atoms with E-state index in [0.29, 0.717) is 12.8 Å². The SMILES string of the molecule is CCCCCCCCCCCCCCCCCCCC(=O)N[C@@H](CO[C@@H]1O[C@H](CO)[C@@H](O)C(O)C1O)[C@H](O)CCCCCCCCCCCCCCCCC.